The number of nitrogens with one attached hydrogen (secondary N) is 1. The lowest BCUT2D eigenvalue weighted by Crippen LogP contribution is -2.46. The van der Waals surface area contributed by atoms with Crippen LogP contribution >= 0.6 is 0 Å². The van der Waals surface area contributed by atoms with Gasteiger partial charge in [-0.05, 0) is 43.0 Å². The van der Waals surface area contributed by atoms with E-state index in [1.54, 1.807) is 30.3 Å². The highest BCUT2D eigenvalue weighted by Crippen LogP contribution is 2.27. The smallest absolute Gasteiger partial charge is 0.243 e. The van der Waals surface area contributed by atoms with E-state index in [2.05, 4.69) is 11.4 Å². The largest absolute Gasteiger partial charge is 0.345 e. The van der Waals surface area contributed by atoms with Crippen molar-refractivity contribution in [1.29, 1.82) is 0 Å². The topological polar surface area (TPSA) is 66.5 Å². The number of hydrogen-bond acceptors (Lipinski definition) is 3. The molecule has 0 bridgehead atoms. The average Bonchev–Trinajstić information content (AvgIpc) is 2.83. The zero-order valence-corrected chi connectivity index (χ0v) is 19.0. The molecule has 1 amide bonds. The van der Waals surface area contributed by atoms with Crippen LogP contribution in [0, 0.1) is 12.8 Å². The van der Waals surface area contributed by atoms with Crippen LogP contribution in [0.4, 0.5) is 0 Å². The maximum absolute atomic E-state index is 13.3. The summed E-state index contributed by atoms with van der Waals surface area (Å²) in [6.45, 7) is 2.65. The minimum Gasteiger partial charge on any atom is -0.345 e. The Bertz CT molecular complexity index is 1160. The lowest BCUT2D eigenvalue weighted by molar-refractivity contribution is -0.126. The molecule has 0 radical (unpaired) electrons. The van der Waals surface area contributed by atoms with Gasteiger partial charge < -0.3 is 5.32 Å². The molecule has 0 aliphatic carbocycles. The fourth-order valence-corrected chi connectivity index (χ4v) is 5.78. The predicted octanol–water partition coefficient (Wildman–Crippen LogP) is 4.30. The molecule has 0 aromatic heterocycles. The molecule has 0 spiro atoms. The maximum Gasteiger partial charge on any atom is 0.243 e. The third-order valence-electron chi connectivity index (χ3n) is 5.93. The quantitative estimate of drug-likeness (QED) is 0.611. The van der Waals surface area contributed by atoms with E-state index in [1.165, 1.54) is 4.31 Å². The maximum atomic E-state index is 13.3. The number of carbonyl (C=O) groups excluding carboxylic acids is 1. The number of carbonyl (C=O) groups is 1. The minimum absolute atomic E-state index is 0.117. The Balaban J connectivity index is 1.55. The van der Waals surface area contributed by atoms with Crippen molar-refractivity contribution in [3.8, 4) is 0 Å². The summed E-state index contributed by atoms with van der Waals surface area (Å²) < 4.78 is 27.5. The lowest BCUT2D eigenvalue weighted by atomic mass is 9.94. The number of amides is 1. The first kappa shape index (κ1) is 22.2. The number of hydrogen-bond donors (Lipinski definition) is 1. The summed E-state index contributed by atoms with van der Waals surface area (Å²) in [7, 11) is -3.61. The van der Waals surface area contributed by atoms with Crippen LogP contribution in [0.3, 0.4) is 0 Å². The number of piperidine rings is 1. The molecule has 3 aromatic rings. The van der Waals surface area contributed by atoms with E-state index in [1.807, 2.05) is 55.5 Å². The molecule has 32 heavy (non-hydrogen) atoms. The van der Waals surface area contributed by atoms with E-state index in [9.17, 15) is 13.2 Å². The Hall–Kier alpha value is -2.96. The van der Waals surface area contributed by atoms with Crippen molar-refractivity contribution in [2.45, 2.75) is 30.7 Å². The highest BCUT2D eigenvalue weighted by molar-refractivity contribution is 7.89. The molecule has 1 heterocycles. The molecule has 1 saturated heterocycles. The molecule has 2 atom stereocenters. The summed E-state index contributed by atoms with van der Waals surface area (Å²) >= 11 is 0. The van der Waals surface area contributed by atoms with Gasteiger partial charge in [0, 0.05) is 13.1 Å². The van der Waals surface area contributed by atoms with E-state index in [-0.39, 0.29) is 23.4 Å². The normalized spacial score (nSPS) is 18.1. The zero-order chi connectivity index (χ0) is 22.6. The fraction of sp³-hybridized carbons (Fsp3) is 0.269. The van der Waals surface area contributed by atoms with Crippen molar-refractivity contribution >= 4 is 15.9 Å². The van der Waals surface area contributed by atoms with Crippen molar-refractivity contribution < 1.29 is 13.2 Å². The Morgan fingerprint density at radius 3 is 2.28 bits per heavy atom. The first-order valence-electron chi connectivity index (χ1n) is 10.9. The summed E-state index contributed by atoms with van der Waals surface area (Å²) in [6, 6.07) is 26.1. The summed E-state index contributed by atoms with van der Waals surface area (Å²) in [6.07, 6.45) is 1.33. The Kier molecular flexibility index (Phi) is 6.72. The van der Waals surface area contributed by atoms with Gasteiger partial charge in [0.1, 0.15) is 0 Å². The van der Waals surface area contributed by atoms with Crippen molar-refractivity contribution in [3.05, 3.63) is 102 Å². The molecule has 3 aromatic carbocycles. The summed E-state index contributed by atoms with van der Waals surface area (Å²) in [5.41, 5.74) is 3.13. The van der Waals surface area contributed by atoms with Crippen molar-refractivity contribution in [2.24, 2.45) is 5.92 Å². The van der Waals surface area contributed by atoms with Gasteiger partial charge in [-0.1, -0.05) is 78.4 Å². The van der Waals surface area contributed by atoms with Gasteiger partial charge >= 0.3 is 0 Å². The summed E-state index contributed by atoms with van der Waals surface area (Å²) in [5.74, 6) is -0.508. The monoisotopic (exact) mass is 448 g/mol. The zero-order valence-electron chi connectivity index (χ0n) is 18.1. The van der Waals surface area contributed by atoms with Crippen LogP contribution in [0.5, 0.6) is 0 Å². The van der Waals surface area contributed by atoms with E-state index in [0.29, 0.717) is 19.4 Å². The second kappa shape index (κ2) is 9.67. The van der Waals surface area contributed by atoms with E-state index < -0.39 is 15.9 Å². The number of nitrogens with zero attached hydrogens (tertiary/aromatic N) is 1. The Labute approximate surface area is 190 Å². The van der Waals surface area contributed by atoms with Crippen LogP contribution in [0.1, 0.15) is 35.6 Å². The molecular formula is C26H28N2O3S. The summed E-state index contributed by atoms with van der Waals surface area (Å²) in [4.78, 5) is 13.6. The number of aryl methyl sites for hydroxylation is 1. The first-order valence-corrected chi connectivity index (χ1v) is 12.4. The first-order chi connectivity index (χ1) is 15.4. The van der Waals surface area contributed by atoms with Crippen LogP contribution in [-0.2, 0) is 14.8 Å². The van der Waals surface area contributed by atoms with Gasteiger partial charge in [-0.15, -0.1) is 0 Å². The molecule has 6 heteroatoms. The molecule has 1 N–H and O–H groups in total. The van der Waals surface area contributed by atoms with Crippen LogP contribution in [0.2, 0.25) is 0 Å². The fourth-order valence-electron chi connectivity index (χ4n) is 4.23. The molecular weight excluding hydrogens is 420 g/mol. The molecule has 0 unspecified atom stereocenters. The lowest BCUT2D eigenvalue weighted by Gasteiger charge is -2.32. The van der Waals surface area contributed by atoms with Gasteiger partial charge in [0.05, 0.1) is 16.9 Å². The van der Waals surface area contributed by atoms with Gasteiger partial charge in [0.15, 0.2) is 0 Å². The molecule has 1 aliphatic rings. The van der Waals surface area contributed by atoms with Crippen molar-refractivity contribution in [3.63, 3.8) is 0 Å². The molecule has 1 fully saturated rings. The highest BCUT2D eigenvalue weighted by atomic mass is 32.2. The van der Waals surface area contributed by atoms with Gasteiger partial charge in [-0.3, -0.25) is 4.79 Å². The SMILES string of the molecule is Cc1cccc([C@@H](NC(=O)[C@H]2CCCN(S(=O)(=O)c3ccccc3)C2)c2ccccc2)c1. The van der Waals surface area contributed by atoms with Crippen LogP contribution < -0.4 is 5.32 Å². The number of sulfonamides is 1. The minimum atomic E-state index is -3.61. The number of benzene rings is 3. The summed E-state index contributed by atoms with van der Waals surface area (Å²) in [5, 5.41) is 3.20. The molecule has 166 valence electrons. The van der Waals surface area contributed by atoms with Gasteiger partial charge in [-0.2, -0.15) is 4.31 Å². The molecule has 1 aliphatic heterocycles. The second-order valence-corrected chi connectivity index (χ2v) is 10.2. The Morgan fingerprint density at radius 1 is 0.938 bits per heavy atom. The standard InChI is InChI=1S/C26H28N2O3S/c1-20-10-8-13-22(18-20)25(21-11-4-2-5-12-21)27-26(29)23-14-9-17-28(19-23)32(30,31)24-15-6-3-7-16-24/h2-8,10-13,15-16,18,23,25H,9,14,17,19H2,1H3,(H,27,29)/t23-,25-/m0/s1. The van der Waals surface area contributed by atoms with E-state index in [4.69, 9.17) is 0 Å². The molecule has 0 saturated carbocycles. The van der Waals surface area contributed by atoms with Gasteiger partial charge in [0.2, 0.25) is 15.9 Å². The van der Waals surface area contributed by atoms with E-state index in [0.717, 1.165) is 16.7 Å². The molecule has 5 nitrogen and oxygen atoms in total. The average molecular weight is 449 g/mol. The van der Waals surface area contributed by atoms with Crippen molar-refractivity contribution in [2.75, 3.05) is 13.1 Å². The number of rotatable bonds is 6. The molecule has 4 rings (SSSR count). The van der Waals surface area contributed by atoms with Crippen LogP contribution in [0.25, 0.3) is 0 Å². The van der Waals surface area contributed by atoms with Gasteiger partial charge in [-0.25, -0.2) is 8.42 Å². The van der Waals surface area contributed by atoms with E-state index >= 15 is 0 Å². The Morgan fingerprint density at radius 2 is 1.59 bits per heavy atom. The third-order valence-corrected chi connectivity index (χ3v) is 7.81. The van der Waals surface area contributed by atoms with Crippen LogP contribution in [0.15, 0.2) is 89.8 Å². The van der Waals surface area contributed by atoms with Crippen LogP contribution in [-0.4, -0.2) is 31.7 Å². The second-order valence-electron chi connectivity index (χ2n) is 8.28. The highest BCUT2D eigenvalue weighted by Gasteiger charge is 2.34. The predicted molar refractivity (Wildman–Crippen MR) is 126 cm³/mol. The van der Waals surface area contributed by atoms with Crippen molar-refractivity contribution in [1.82, 2.24) is 9.62 Å². The van der Waals surface area contributed by atoms with Gasteiger partial charge in [0.25, 0.3) is 0 Å². The third kappa shape index (κ3) is 4.92.